The van der Waals surface area contributed by atoms with Crippen LogP contribution in [0, 0.1) is 11.7 Å². The molecule has 1 atom stereocenters. The number of H-pyrrole nitrogens is 1. The van der Waals surface area contributed by atoms with Crippen molar-refractivity contribution in [2.24, 2.45) is 5.92 Å². The van der Waals surface area contributed by atoms with Crippen molar-refractivity contribution in [1.82, 2.24) is 24.0 Å². The van der Waals surface area contributed by atoms with Gasteiger partial charge in [0.1, 0.15) is 13.3 Å². The zero-order valence-corrected chi connectivity index (χ0v) is 18.2. The van der Waals surface area contributed by atoms with Gasteiger partial charge in [0.05, 0.1) is 12.4 Å². The van der Waals surface area contributed by atoms with Gasteiger partial charge in [0.25, 0.3) is 0 Å². The number of hydrogen-bond donors (Lipinski definition) is 2. The molecule has 0 saturated heterocycles. The van der Waals surface area contributed by atoms with Gasteiger partial charge in [0.15, 0.2) is 11.6 Å². The molecule has 2 heterocycles. The number of benzene rings is 1. The summed E-state index contributed by atoms with van der Waals surface area (Å²) >= 11 is 0. The maximum Gasteiger partial charge on any atom is 0.346 e. The van der Waals surface area contributed by atoms with E-state index in [9.17, 15) is 27.2 Å². The third-order valence-corrected chi connectivity index (χ3v) is 6.96. The van der Waals surface area contributed by atoms with E-state index in [1.165, 1.54) is 23.1 Å². The molecule has 0 bridgehead atoms. The van der Waals surface area contributed by atoms with Crippen LogP contribution in [0.1, 0.15) is 37.8 Å². The molecule has 1 aromatic heterocycles. The monoisotopic (exact) mass is 469 g/mol. The first-order valence-electron chi connectivity index (χ1n) is 10.2. The van der Waals surface area contributed by atoms with E-state index in [2.05, 4.69) is 9.71 Å². The topological polar surface area (TPSA) is 135 Å². The number of hydrogen-bond acceptors (Lipinski definition) is 6. The number of carbonyl (C=O) groups is 1. The Bertz CT molecular complexity index is 1210. The molecule has 1 saturated carbocycles. The molecule has 2 aliphatic rings. The lowest BCUT2D eigenvalue weighted by Crippen LogP contribution is -2.34. The van der Waals surface area contributed by atoms with Crippen LogP contribution in [0.3, 0.4) is 0 Å². The number of halogens is 1. The molecule has 1 aliphatic carbocycles. The van der Waals surface area contributed by atoms with Crippen molar-refractivity contribution in [3.8, 4) is 5.75 Å². The van der Waals surface area contributed by atoms with Gasteiger partial charge in [-0.25, -0.2) is 36.5 Å². The number of fused-ring (bicyclic) bond motifs is 1. The molecule has 32 heavy (non-hydrogen) atoms. The Morgan fingerprint density at radius 3 is 2.53 bits per heavy atom. The van der Waals surface area contributed by atoms with E-state index in [0.29, 0.717) is 18.1 Å². The minimum Gasteiger partial charge on any atom is -0.490 e. The van der Waals surface area contributed by atoms with Crippen molar-refractivity contribution in [1.29, 1.82) is 0 Å². The fraction of sp³-hybridized carbons (Fsp3) is 0.526. The number of aromatic amines is 1. The van der Waals surface area contributed by atoms with Gasteiger partial charge in [-0.3, -0.25) is 9.78 Å². The summed E-state index contributed by atoms with van der Waals surface area (Å²) < 4.78 is 49.1. The Labute approximate surface area is 182 Å². The zero-order valence-electron chi connectivity index (χ0n) is 17.4. The van der Waals surface area contributed by atoms with Gasteiger partial charge < -0.3 is 9.64 Å². The minimum absolute atomic E-state index is 0.0822. The van der Waals surface area contributed by atoms with Gasteiger partial charge in [0.2, 0.25) is 15.9 Å². The Morgan fingerprint density at radius 1 is 1.25 bits per heavy atom. The van der Waals surface area contributed by atoms with E-state index in [-0.39, 0.29) is 25.5 Å². The van der Waals surface area contributed by atoms with Crippen LogP contribution in [-0.2, 0) is 28.2 Å². The van der Waals surface area contributed by atoms with Crippen LogP contribution in [0.25, 0.3) is 0 Å². The lowest BCUT2D eigenvalue weighted by molar-refractivity contribution is -0.132. The smallest absolute Gasteiger partial charge is 0.346 e. The third-order valence-electron chi connectivity index (χ3n) is 5.50. The van der Waals surface area contributed by atoms with E-state index < -0.39 is 44.9 Å². The minimum atomic E-state index is -3.84. The Morgan fingerprint density at radius 2 is 1.91 bits per heavy atom. The predicted molar refractivity (Wildman–Crippen MR) is 111 cm³/mol. The molecule has 174 valence electrons. The van der Waals surface area contributed by atoms with Crippen LogP contribution < -0.4 is 20.8 Å². The average molecular weight is 469 g/mol. The van der Waals surface area contributed by atoms with E-state index in [1.54, 1.807) is 6.92 Å². The van der Waals surface area contributed by atoms with Crippen LogP contribution in [0.4, 0.5) is 4.39 Å². The highest BCUT2D eigenvalue weighted by Gasteiger charge is 2.27. The lowest BCUT2D eigenvalue weighted by Gasteiger charge is -2.17. The molecule has 2 aromatic rings. The molecular formula is C19H24FN5O6S. The fourth-order valence-corrected chi connectivity index (χ4v) is 4.65. The highest BCUT2D eigenvalue weighted by molar-refractivity contribution is 7.89. The van der Waals surface area contributed by atoms with Gasteiger partial charge in [-0.15, -0.1) is 0 Å². The summed E-state index contributed by atoms with van der Waals surface area (Å²) in [5.41, 5.74) is -0.731. The first-order valence-corrected chi connectivity index (χ1v) is 11.9. The summed E-state index contributed by atoms with van der Waals surface area (Å²) in [5, 5.41) is 0. The molecule has 1 aromatic carbocycles. The van der Waals surface area contributed by atoms with Crippen LogP contribution in [0.2, 0.25) is 0 Å². The molecule has 4 rings (SSSR count). The van der Waals surface area contributed by atoms with Gasteiger partial charge in [-0.2, -0.15) is 0 Å². The molecule has 0 spiro atoms. The van der Waals surface area contributed by atoms with Crippen molar-refractivity contribution in [2.45, 2.75) is 45.6 Å². The number of sulfonamides is 1. The van der Waals surface area contributed by atoms with Crippen molar-refractivity contribution in [2.75, 3.05) is 12.4 Å². The van der Waals surface area contributed by atoms with Crippen LogP contribution in [0.5, 0.6) is 5.75 Å². The Kier molecular flexibility index (Phi) is 5.95. The normalized spacial score (nSPS) is 16.8. The Hall–Kier alpha value is -2.93. The number of rotatable bonds is 9. The summed E-state index contributed by atoms with van der Waals surface area (Å²) in [6.45, 7) is 1.80. The first-order chi connectivity index (χ1) is 15.1. The summed E-state index contributed by atoms with van der Waals surface area (Å²) in [6, 6.07) is 3.53. The summed E-state index contributed by atoms with van der Waals surface area (Å²) in [5.74, 6) is -0.958. The largest absolute Gasteiger partial charge is 0.490 e. The van der Waals surface area contributed by atoms with Crippen molar-refractivity contribution < 1.29 is 22.3 Å². The second kappa shape index (κ2) is 8.54. The summed E-state index contributed by atoms with van der Waals surface area (Å²) in [6.07, 6.45) is 1.80. The molecule has 13 heteroatoms. The first kappa shape index (κ1) is 22.3. The molecule has 1 amide bonds. The second-order valence-electron chi connectivity index (χ2n) is 8.10. The van der Waals surface area contributed by atoms with E-state index in [0.717, 1.165) is 22.2 Å². The molecule has 11 nitrogen and oxygen atoms in total. The van der Waals surface area contributed by atoms with Crippen LogP contribution >= 0.6 is 0 Å². The van der Waals surface area contributed by atoms with E-state index in [4.69, 9.17) is 4.74 Å². The van der Waals surface area contributed by atoms with E-state index in [1.807, 2.05) is 0 Å². The number of carbonyl (C=O) groups excluding carboxylic acids is 1. The average Bonchev–Trinajstić information content (AvgIpc) is 3.38. The number of nitrogens with one attached hydrogen (secondary N) is 2. The summed E-state index contributed by atoms with van der Waals surface area (Å²) in [4.78, 5) is 38.9. The summed E-state index contributed by atoms with van der Waals surface area (Å²) in [7, 11) is -3.84. The standard InChI is InChI=1S/C19H24FN5O6S/c1-12(14-4-5-15(20)16(8-14)31-9-13-2-3-13)22-32(29,30)7-6-17(26)23-10-24-18(27)21-19(28)25(24)11-23/h4-5,8,12-13,22H,2-3,6-7,9-11H2,1H3,(H,21,27,28)/t12-/m1/s1. The maximum atomic E-state index is 14.0. The fourth-order valence-electron chi connectivity index (χ4n) is 3.41. The molecule has 0 radical (unpaired) electrons. The van der Waals surface area contributed by atoms with Crippen molar-refractivity contribution in [3.63, 3.8) is 0 Å². The SMILES string of the molecule is C[C@@H](NS(=O)(=O)CCC(=O)N1Cn2c(=O)[nH]c(=O)n2C1)c1ccc(F)c(OCC2CC2)c1. The molecule has 2 N–H and O–H groups in total. The van der Waals surface area contributed by atoms with Crippen LogP contribution in [0.15, 0.2) is 27.8 Å². The van der Waals surface area contributed by atoms with E-state index >= 15 is 0 Å². The zero-order chi connectivity index (χ0) is 23.0. The molecule has 1 aliphatic heterocycles. The third kappa shape index (κ3) is 4.93. The predicted octanol–water partition coefficient (Wildman–Crippen LogP) is 0.0939. The molecular weight excluding hydrogens is 445 g/mol. The molecule has 1 fully saturated rings. The maximum absolute atomic E-state index is 14.0. The quantitative estimate of drug-likeness (QED) is 0.535. The molecule has 0 unspecified atom stereocenters. The number of nitrogens with zero attached hydrogens (tertiary/aromatic N) is 3. The van der Waals surface area contributed by atoms with Gasteiger partial charge in [-0.05, 0) is 43.4 Å². The number of ether oxygens (including phenoxy) is 1. The number of aromatic nitrogens is 3. The van der Waals surface area contributed by atoms with Gasteiger partial charge >= 0.3 is 11.4 Å². The van der Waals surface area contributed by atoms with Crippen LogP contribution in [-0.4, -0.2) is 45.9 Å². The highest BCUT2D eigenvalue weighted by Crippen LogP contribution is 2.31. The van der Waals surface area contributed by atoms with Crippen molar-refractivity contribution >= 4 is 15.9 Å². The van der Waals surface area contributed by atoms with Crippen molar-refractivity contribution in [3.05, 3.63) is 50.5 Å². The highest BCUT2D eigenvalue weighted by atomic mass is 32.2. The number of amides is 1. The van der Waals surface area contributed by atoms with Gasteiger partial charge in [-0.1, -0.05) is 6.07 Å². The van der Waals surface area contributed by atoms with Gasteiger partial charge in [0, 0.05) is 12.5 Å². The lowest BCUT2D eigenvalue weighted by atomic mass is 10.1. The Balaban J connectivity index is 1.32. The second-order valence-corrected chi connectivity index (χ2v) is 9.98.